The zero-order valence-electron chi connectivity index (χ0n) is 30.8. The largest absolute Gasteiger partial charge is 0.508 e. The molecule has 9 heteroatoms. The molecule has 55 heavy (non-hydrogen) atoms. The number of ether oxygens (including phenoxy) is 2. The molecule has 7 nitrogen and oxygen atoms in total. The fourth-order valence-electron chi connectivity index (χ4n) is 6.08. The number of para-hydroxylation sites is 1. The maximum absolute atomic E-state index is 14.0. The van der Waals surface area contributed by atoms with Gasteiger partial charge in [0.1, 0.15) is 28.2 Å². The summed E-state index contributed by atoms with van der Waals surface area (Å²) in [7, 11) is -4.27. The van der Waals surface area contributed by atoms with Gasteiger partial charge in [-0.15, -0.1) is 0 Å². The molecule has 6 aromatic carbocycles. The molecular formula is C46H46O7S2. The number of phenolic OH excluding ortho intramolecular Hbond substituents is 1. The number of rotatable bonds is 19. The lowest BCUT2D eigenvalue weighted by Crippen LogP contribution is -2.11. The molecule has 0 bridgehead atoms. The summed E-state index contributed by atoms with van der Waals surface area (Å²) >= 11 is 1.33. The number of hydrogen-bond acceptors (Lipinski definition) is 8. The van der Waals surface area contributed by atoms with Gasteiger partial charge in [-0.2, -0.15) is 8.42 Å². The Balaban J connectivity index is 1.20. The fraction of sp³-hybridized carbons (Fsp3) is 0.217. The molecule has 6 aromatic rings. The second kappa shape index (κ2) is 19.5. The van der Waals surface area contributed by atoms with Crippen LogP contribution in [-0.2, 0) is 27.9 Å². The molecule has 0 aliphatic heterocycles. The van der Waals surface area contributed by atoms with E-state index < -0.39 is 16.2 Å². The van der Waals surface area contributed by atoms with Crippen LogP contribution in [0.4, 0.5) is 0 Å². The highest BCUT2D eigenvalue weighted by Gasteiger charge is 2.24. The molecule has 0 heterocycles. The van der Waals surface area contributed by atoms with E-state index >= 15 is 0 Å². The van der Waals surface area contributed by atoms with E-state index in [1.54, 1.807) is 54.6 Å². The van der Waals surface area contributed by atoms with Crippen molar-refractivity contribution in [3.05, 3.63) is 168 Å². The van der Waals surface area contributed by atoms with Crippen LogP contribution in [0.3, 0.4) is 0 Å². The third-order valence-electron chi connectivity index (χ3n) is 9.02. The van der Waals surface area contributed by atoms with E-state index in [9.17, 15) is 18.6 Å². The molecule has 0 spiro atoms. The maximum Gasteiger partial charge on any atom is 0.340 e. The summed E-state index contributed by atoms with van der Waals surface area (Å²) < 4.78 is 45.4. The average Bonchev–Trinajstić information content (AvgIpc) is 3.21. The lowest BCUT2D eigenvalue weighted by Gasteiger charge is -2.19. The van der Waals surface area contributed by atoms with E-state index in [1.165, 1.54) is 17.3 Å². The van der Waals surface area contributed by atoms with Crippen molar-refractivity contribution < 1.29 is 32.3 Å². The molecule has 0 aliphatic carbocycles. The Hall–Kier alpha value is -5.06. The van der Waals surface area contributed by atoms with E-state index in [2.05, 4.69) is 6.92 Å². The van der Waals surface area contributed by atoms with E-state index in [0.29, 0.717) is 47.0 Å². The van der Waals surface area contributed by atoms with Gasteiger partial charge < -0.3 is 23.9 Å². The van der Waals surface area contributed by atoms with Crippen molar-refractivity contribution in [2.45, 2.75) is 66.4 Å². The first kappa shape index (κ1) is 39.6. The Kier molecular flexibility index (Phi) is 14.1. The highest BCUT2D eigenvalue weighted by Crippen LogP contribution is 2.39. The number of phenols is 1. The van der Waals surface area contributed by atoms with Gasteiger partial charge in [0.15, 0.2) is 0 Å². The maximum atomic E-state index is 14.0. The van der Waals surface area contributed by atoms with Crippen molar-refractivity contribution in [2.24, 2.45) is 0 Å². The molecule has 0 amide bonds. The van der Waals surface area contributed by atoms with Crippen LogP contribution in [0.5, 0.6) is 17.2 Å². The topological polar surface area (TPSA) is 102 Å². The third kappa shape index (κ3) is 11.2. The lowest BCUT2D eigenvalue weighted by atomic mass is 9.92. The molecule has 0 fully saturated rings. The minimum Gasteiger partial charge on any atom is -0.508 e. The van der Waals surface area contributed by atoms with Crippen LogP contribution < -0.4 is 8.92 Å². The van der Waals surface area contributed by atoms with Gasteiger partial charge in [-0.05, 0) is 120 Å². The van der Waals surface area contributed by atoms with Crippen molar-refractivity contribution >= 4 is 21.9 Å². The lowest BCUT2D eigenvalue weighted by molar-refractivity contribution is 0.117. The first-order valence-corrected chi connectivity index (χ1v) is 20.8. The van der Waals surface area contributed by atoms with Crippen molar-refractivity contribution in [1.29, 1.82) is 0 Å². The standard InChI is InChI=1S/C46H46O7S2/c1-2-3-30-52-39-24-26-41(27-25-39)54-44-28-21-36(32-45(44)55(49,50)53-40-15-5-4-6-16-40)42-17-7-8-18-43(42)46(48)37-14-11-13-35(31-37)33-51-29-10-9-12-34-19-22-38(47)23-20-34/h4-8,11,13-28,31-32,46-48H,2-3,9-10,12,29-30,33H2,1H3. The molecule has 0 radical (unpaired) electrons. The van der Waals surface area contributed by atoms with Crippen molar-refractivity contribution in [2.75, 3.05) is 13.2 Å². The first-order valence-electron chi connectivity index (χ1n) is 18.6. The van der Waals surface area contributed by atoms with Gasteiger partial charge in [-0.25, -0.2) is 0 Å². The first-order chi connectivity index (χ1) is 26.8. The summed E-state index contributed by atoms with van der Waals surface area (Å²) in [5.41, 5.74) is 4.80. The predicted molar refractivity (Wildman–Crippen MR) is 218 cm³/mol. The summed E-state index contributed by atoms with van der Waals surface area (Å²) in [4.78, 5) is 1.37. The van der Waals surface area contributed by atoms with Crippen LogP contribution in [0.15, 0.2) is 160 Å². The summed E-state index contributed by atoms with van der Waals surface area (Å²) in [6.45, 7) is 3.78. The molecular weight excluding hydrogens is 729 g/mol. The fourth-order valence-corrected chi connectivity index (χ4v) is 8.38. The summed E-state index contributed by atoms with van der Waals surface area (Å²) in [6, 6.07) is 43.8. The number of unbranched alkanes of at least 4 members (excludes halogenated alkanes) is 2. The van der Waals surface area contributed by atoms with Crippen molar-refractivity contribution in [3.63, 3.8) is 0 Å². The molecule has 2 N–H and O–H groups in total. The minimum absolute atomic E-state index is 0.0219. The van der Waals surface area contributed by atoms with Crippen LogP contribution >= 0.6 is 11.8 Å². The molecule has 0 aromatic heterocycles. The summed E-state index contributed by atoms with van der Waals surface area (Å²) in [6.07, 6.45) is 3.84. The normalized spacial score (nSPS) is 12.0. The second-order valence-electron chi connectivity index (χ2n) is 13.2. The van der Waals surface area contributed by atoms with Crippen LogP contribution in [0, 0.1) is 0 Å². The summed E-state index contributed by atoms with van der Waals surface area (Å²) in [5.74, 6) is 1.25. The van der Waals surface area contributed by atoms with Crippen molar-refractivity contribution in [1.82, 2.24) is 0 Å². The van der Waals surface area contributed by atoms with Gasteiger partial charge in [-0.1, -0.05) is 110 Å². The van der Waals surface area contributed by atoms with E-state index in [0.717, 1.165) is 48.3 Å². The Morgan fingerprint density at radius 1 is 0.691 bits per heavy atom. The number of aromatic hydroxyl groups is 1. The Labute approximate surface area is 328 Å². The number of aliphatic hydroxyl groups excluding tert-OH is 1. The van der Waals surface area contributed by atoms with E-state index in [4.69, 9.17) is 13.7 Å². The van der Waals surface area contributed by atoms with Crippen LogP contribution in [0.2, 0.25) is 0 Å². The van der Waals surface area contributed by atoms with Gasteiger partial charge in [0.05, 0.1) is 13.2 Å². The Morgan fingerprint density at radius 2 is 1.45 bits per heavy atom. The quantitative estimate of drug-likeness (QED) is 0.0619. The van der Waals surface area contributed by atoms with Gasteiger partial charge in [-0.3, -0.25) is 0 Å². The van der Waals surface area contributed by atoms with Gasteiger partial charge in [0, 0.05) is 16.4 Å². The molecule has 0 saturated carbocycles. The average molecular weight is 775 g/mol. The minimum atomic E-state index is -4.27. The molecule has 1 atom stereocenters. The van der Waals surface area contributed by atoms with E-state index in [1.807, 2.05) is 91.0 Å². The predicted octanol–water partition coefficient (Wildman–Crippen LogP) is 10.8. The highest BCUT2D eigenvalue weighted by molar-refractivity contribution is 8.00. The zero-order chi connectivity index (χ0) is 38.5. The van der Waals surface area contributed by atoms with E-state index in [-0.39, 0.29) is 16.4 Å². The Morgan fingerprint density at radius 3 is 2.24 bits per heavy atom. The van der Waals surface area contributed by atoms with Gasteiger partial charge >= 0.3 is 10.1 Å². The third-order valence-corrected chi connectivity index (χ3v) is 11.5. The van der Waals surface area contributed by atoms with Crippen molar-refractivity contribution in [3.8, 4) is 28.4 Å². The number of hydrogen-bond donors (Lipinski definition) is 2. The molecule has 284 valence electrons. The number of benzene rings is 6. The molecule has 0 saturated heterocycles. The summed E-state index contributed by atoms with van der Waals surface area (Å²) in [5, 5.41) is 21.3. The Bertz CT molecular complexity index is 2220. The SMILES string of the molecule is CCCCOc1ccc(Sc2ccc(-c3ccccc3C(O)c3cccc(COCCCCc4ccc(O)cc4)c3)cc2S(=O)(=O)Oc2ccccc2)cc1. The molecule has 0 aliphatic rings. The second-order valence-corrected chi connectivity index (χ2v) is 15.8. The number of aryl methyl sites for hydroxylation is 1. The number of aliphatic hydroxyl groups is 1. The smallest absolute Gasteiger partial charge is 0.340 e. The van der Waals surface area contributed by atoms with Gasteiger partial charge in [0.25, 0.3) is 0 Å². The zero-order valence-corrected chi connectivity index (χ0v) is 32.5. The van der Waals surface area contributed by atoms with Crippen LogP contribution in [-0.4, -0.2) is 31.8 Å². The van der Waals surface area contributed by atoms with Crippen LogP contribution in [0.25, 0.3) is 11.1 Å². The monoisotopic (exact) mass is 774 g/mol. The highest BCUT2D eigenvalue weighted by atomic mass is 32.2. The van der Waals surface area contributed by atoms with Gasteiger partial charge in [0.2, 0.25) is 0 Å². The molecule has 1 unspecified atom stereocenters. The van der Waals surface area contributed by atoms with Crippen LogP contribution in [0.1, 0.15) is 61.0 Å². The molecule has 6 rings (SSSR count).